The van der Waals surface area contributed by atoms with E-state index in [1.807, 2.05) is 17.2 Å². The average Bonchev–Trinajstić information content (AvgIpc) is 3.06. The molecule has 2 aliphatic rings. The maximum Gasteiger partial charge on any atom is 0.223 e. The Morgan fingerprint density at radius 2 is 2.04 bits per heavy atom. The topological polar surface area (TPSA) is 42.9 Å². The Morgan fingerprint density at radius 3 is 2.68 bits per heavy atom. The van der Waals surface area contributed by atoms with Crippen LogP contribution in [-0.2, 0) is 4.79 Å². The van der Waals surface area contributed by atoms with Crippen LogP contribution in [0, 0.1) is 6.92 Å². The fourth-order valence-electron chi connectivity index (χ4n) is 3.86. The molecule has 2 fully saturated rings. The smallest absolute Gasteiger partial charge is 0.223 e. The molecule has 3 heterocycles. The van der Waals surface area contributed by atoms with Crippen LogP contribution in [0.15, 0.2) is 18.3 Å². The highest BCUT2D eigenvalue weighted by Crippen LogP contribution is 2.18. The van der Waals surface area contributed by atoms with E-state index < -0.39 is 0 Å². The lowest BCUT2D eigenvalue weighted by molar-refractivity contribution is -0.131. The monoisotopic (exact) mass is 345 g/mol. The average molecular weight is 345 g/mol. The van der Waals surface area contributed by atoms with Crippen LogP contribution >= 0.6 is 0 Å². The summed E-state index contributed by atoms with van der Waals surface area (Å²) in [4.78, 5) is 26.1. The van der Waals surface area contributed by atoms with Gasteiger partial charge in [-0.05, 0) is 45.6 Å². The Kier molecular flexibility index (Phi) is 5.91. The number of carbonyl (C=O) groups is 1. The second kappa shape index (κ2) is 8.15. The molecule has 0 unspecified atom stereocenters. The molecule has 2 saturated heterocycles. The minimum atomic E-state index is 0.288. The summed E-state index contributed by atoms with van der Waals surface area (Å²) in [5.74, 6) is 1.34. The number of amides is 1. The Balaban J connectivity index is 1.43. The van der Waals surface area contributed by atoms with Gasteiger partial charge < -0.3 is 19.6 Å². The van der Waals surface area contributed by atoms with Crippen molar-refractivity contribution in [2.75, 3.05) is 64.8 Å². The Bertz CT molecular complexity index is 585. The molecular weight excluding hydrogens is 314 g/mol. The number of aryl methyl sites for hydroxylation is 1. The number of aromatic nitrogens is 1. The number of hydrogen-bond donors (Lipinski definition) is 0. The minimum absolute atomic E-state index is 0.288. The number of rotatable bonds is 5. The van der Waals surface area contributed by atoms with Crippen LogP contribution in [-0.4, -0.2) is 91.5 Å². The van der Waals surface area contributed by atoms with Crippen LogP contribution in [0.5, 0.6) is 0 Å². The summed E-state index contributed by atoms with van der Waals surface area (Å²) in [6, 6.07) is 4.66. The lowest BCUT2D eigenvalue weighted by Gasteiger charge is -2.36. The van der Waals surface area contributed by atoms with E-state index in [0.29, 0.717) is 12.5 Å². The van der Waals surface area contributed by atoms with Crippen molar-refractivity contribution in [1.82, 2.24) is 19.7 Å². The van der Waals surface area contributed by atoms with Gasteiger partial charge in [-0.2, -0.15) is 0 Å². The molecule has 6 nitrogen and oxygen atoms in total. The van der Waals surface area contributed by atoms with Gasteiger partial charge in [0.05, 0.1) is 0 Å². The van der Waals surface area contributed by atoms with Gasteiger partial charge in [0, 0.05) is 57.9 Å². The SMILES string of the molecule is Cc1cccnc1N1CCN(C(=O)CCN(C)[C@H]2CCN(C)C2)CC1. The molecule has 2 aliphatic heterocycles. The first kappa shape index (κ1) is 18.1. The molecule has 138 valence electrons. The zero-order valence-corrected chi connectivity index (χ0v) is 15.8. The normalized spacial score (nSPS) is 22.0. The second-order valence-electron chi connectivity index (χ2n) is 7.45. The first-order valence-corrected chi connectivity index (χ1v) is 9.37. The molecule has 0 bridgehead atoms. The predicted molar refractivity (Wildman–Crippen MR) is 101 cm³/mol. The summed E-state index contributed by atoms with van der Waals surface area (Å²) in [5, 5.41) is 0. The highest BCUT2D eigenvalue weighted by Gasteiger charge is 2.25. The van der Waals surface area contributed by atoms with Crippen molar-refractivity contribution < 1.29 is 4.79 Å². The van der Waals surface area contributed by atoms with E-state index >= 15 is 0 Å². The lowest BCUT2D eigenvalue weighted by Crippen LogP contribution is -2.49. The van der Waals surface area contributed by atoms with Gasteiger partial charge in [0.25, 0.3) is 0 Å². The third kappa shape index (κ3) is 4.50. The highest BCUT2D eigenvalue weighted by atomic mass is 16.2. The van der Waals surface area contributed by atoms with Gasteiger partial charge in [-0.15, -0.1) is 0 Å². The fourth-order valence-corrected chi connectivity index (χ4v) is 3.86. The van der Waals surface area contributed by atoms with E-state index in [9.17, 15) is 4.79 Å². The molecule has 1 amide bonds. The van der Waals surface area contributed by atoms with Crippen molar-refractivity contribution in [3.63, 3.8) is 0 Å². The highest BCUT2D eigenvalue weighted by molar-refractivity contribution is 5.76. The van der Waals surface area contributed by atoms with E-state index in [-0.39, 0.29) is 5.91 Å². The molecule has 6 heteroatoms. The van der Waals surface area contributed by atoms with E-state index in [1.165, 1.54) is 12.0 Å². The molecule has 0 spiro atoms. The van der Waals surface area contributed by atoms with Gasteiger partial charge in [0.1, 0.15) is 5.82 Å². The van der Waals surface area contributed by atoms with Crippen molar-refractivity contribution in [3.8, 4) is 0 Å². The number of nitrogens with zero attached hydrogens (tertiary/aromatic N) is 5. The van der Waals surface area contributed by atoms with Crippen LogP contribution < -0.4 is 4.90 Å². The molecule has 3 rings (SSSR count). The van der Waals surface area contributed by atoms with Crippen LogP contribution in [0.2, 0.25) is 0 Å². The summed E-state index contributed by atoms with van der Waals surface area (Å²) in [5.41, 5.74) is 1.20. The Labute approximate surface area is 151 Å². The molecule has 1 aromatic rings. The van der Waals surface area contributed by atoms with E-state index in [2.05, 4.69) is 46.8 Å². The number of likely N-dealkylation sites (N-methyl/N-ethyl adjacent to an activating group) is 2. The molecule has 25 heavy (non-hydrogen) atoms. The molecule has 0 aromatic carbocycles. The molecule has 1 aromatic heterocycles. The van der Waals surface area contributed by atoms with E-state index in [0.717, 1.165) is 51.6 Å². The van der Waals surface area contributed by atoms with Crippen LogP contribution in [0.1, 0.15) is 18.4 Å². The third-order valence-electron chi connectivity index (χ3n) is 5.58. The largest absolute Gasteiger partial charge is 0.353 e. The zero-order valence-electron chi connectivity index (χ0n) is 15.8. The summed E-state index contributed by atoms with van der Waals surface area (Å²) in [7, 11) is 4.32. The number of pyridine rings is 1. The van der Waals surface area contributed by atoms with Gasteiger partial charge in [-0.1, -0.05) is 6.07 Å². The molecule has 1 atom stereocenters. The van der Waals surface area contributed by atoms with Crippen molar-refractivity contribution in [2.45, 2.75) is 25.8 Å². The van der Waals surface area contributed by atoms with Gasteiger partial charge in [-0.25, -0.2) is 4.98 Å². The summed E-state index contributed by atoms with van der Waals surface area (Å²) in [6.45, 7) is 8.56. The second-order valence-corrected chi connectivity index (χ2v) is 7.45. The first-order valence-electron chi connectivity index (χ1n) is 9.37. The van der Waals surface area contributed by atoms with Crippen LogP contribution in [0.4, 0.5) is 5.82 Å². The van der Waals surface area contributed by atoms with Crippen molar-refractivity contribution >= 4 is 11.7 Å². The number of likely N-dealkylation sites (tertiary alicyclic amines) is 1. The van der Waals surface area contributed by atoms with E-state index in [4.69, 9.17) is 0 Å². The van der Waals surface area contributed by atoms with Gasteiger partial charge in [0.2, 0.25) is 5.91 Å². The lowest BCUT2D eigenvalue weighted by atomic mass is 10.2. The molecule has 0 N–H and O–H groups in total. The van der Waals surface area contributed by atoms with Crippen molar-refractivity contribution in [3.05, 3.63) is 23.9 Å². The van der Waals surface area contributed by atoms with Crippen LogP contribution in [0.25, 0.3) is 0 Å². The zero-order chi connectivity index (χ0) is 17.8. The van der Waals surface area contributed by atoms with Gasteiger partial charge in [0.15, 0.2) is 0 Å². The number of anilines is 1. The Morgan fingerprint density at radius 1 is 1.28 bits per heavy atom. The van der Waals surface area contributed by atoms with E-state index in [1.54, 1.807) is 0 Å². The summed E-state index contributed by atoms with van der Waals surface area (Å²) in [6.07, 6.45) is 3.68. The predicted octanol–water partition coefficient (Wildman–Crippen LogP) is 1.06. The number of carbonyl (C=O) groups excluding carboxylic acids is 1. The quantitative estimate of drug-likeness (QED) is 0.798. The number of piperazine rings is 1. The summed E-state index contributed by atoms with van der Waals surface area (Å²) < 4.78 is 0. The number of hydrogen-bond acceptors (Lipinski definition) is 5. The van der Waals surface area contributed by atoms with Gasteiger partial charge >= 0.3 is 0 Å². The molecule has 0 aliphatic carbocycles. The molecular formula is C19H31N5O. The molecule has 0 saturated carbocycles. The summed E-state index contributed by atoms with van der Waals surface area (Å²) >= 11 is 0. The first-order chi connectivity index (χ1) is 12.0. The maximum absolute atomic E-state index is 12.5. The van der Waals surface area contributed by atoms with Gasteiger partial charge in [-0.3, -0.25) is 4.79 Å². The Hall–Kier alpha value is -1.66. The fraction of sp³-hybridized carbons (Fsp3) is 0.684. The van der Waals surface area contributed by atoms with Crippen molar-refractivity contribution in [2.24, 2.45) is 0 Å². The maximum atomic E-state index is 12.5. The molecule has 0 radical (unpaired) electrons. The van der Waals surface area contributed by atoms with Crippen LogP contribution in [0.3, 0.4) is 0 Å². The standard InChI is InChI=1S/C19H31N5O/c1-16-5-4-8-20-19(16)24-13-11-23(12-14-24)18(25)7-10-22(3)17-6-9-21(2)15-17/h4-5,8,17H,6-7,9-15H2,1-3H3/t17-/m0/s1. The van der Waals surface area contributed by atoms with Crippen molar-refractivity contribution in [1.29, 1.82) is 0 Å². The minimum Gasteiger partial charge on any atom is -0.353 e. The third-order valence-corrected chi connectivity index (χ3v) is 5.58.